The molecule has 0 unspecified atom stereocenters. The number of amides is 1. The van der Waals surface area contributed by atoms with Crippen LogP contribution in [0.1, 0.15) is 20.8 Å². The van der Waals surface area contributed by atoms with Crippen LogP contribution in [-0.4, -0.2) is 35.0 Å². The molecule has 0 spiro atoms. The van der Waals surface area contributed by atoms with Gasteiger partial charge in [-0.05, 0) is 36.1 Å². The fourth-order valence-electron chi connectivity index (χ4n) is 2.11. The summed E-state index contributed by atoms with van der Waals surface area (Å²) >= 11 is 1.46. The number of carbonyl (C=O) groups excluding carboxylic acids is 1. The third kappa shape index (κ3) is 2.73. The highest BCUT2D eigenvalue weighted by Crippen LogP contribution is 2.23. The summed E-state index contributed by atoms with van der Waals surface area (Å²) in [6.45, 7) is 3.02. The summed E-state index contributed by atoms with van der Waals surface area (Å²) < 4.78 is 5.67. The lowest BCUT2D eigenvalue weighted by Crippen LogP contribution is -2.56. The topological polar surface area (TPSA) is 66.2 Å². The second-order valence-corrected chi connectivity index (χ2v) is 5.82. The molecular formula is C15H13N3O2S. The van der Waals surface area contributed by atoms with Crippen molar-refractivity contribution in [2.75, 3.05) is 13.1 Å². The Hall–Kier alpha value is -2.39. The molecule has 3 rings (SSSR count). The van der Waals surface area contributed by atoms with E-state index in [-0.39, 0.29) is 12.0 Å². The van der Waals surface area contributed by atoms with Gasteiger partial charge >= 0.3 is 0 Å². The van der Waals surface area contributed by atoms with Crippen LogP contribution in [0.4, 0.5) is 0 Å². The van der Waals surface area contributed by atoms with Crippen molar-refractivity contribution in [2.45, 2.75) is 13.0 Å². The van der Waals surface area contributed by atoms with E-state index in [2.05, 4.69) is 4.98 Å². The largest absolute Gasteiger partial charge is 0.470 e. The summed E-state index contributed by atoms with van der Waals surface area (Å²) in [5, 5.41) is 10.9. The van der Waals surface area contributed by atoms with Crippen LogP contribution < -0.4 is 4.74 Å². The molecule has 0 saturated carbocycles. The Labute approximate surface area is 126 Å². The van der Waals surface area contributed by atoms with Crippen LogP contribution in [0.2, 0.25) is 0 Å². The van der Waals surface area contributed by atoms with Gasteiger partial charge < -0.3 is 9.64 Å². The first kappa shape index (κ1) is 13.6. The minimum atomic E-state index is -0.1000. The van der Waals surface area contributed by atoms with E-state index >= 15 is 0 Å². The second kappa shape index (κ2) is 5.54. The van der Waals surface area contributed by atoms with E-state index in [1.165, 1.54) is 11.3 Å². The summed E-state index contributed by atoms with van der Waals surface area (Å²) in [7, 11) is 0. The number of hydrogen-bond donors (Lipinski definition) is 0. The van der Waals surface area contributed by atoms with Crippen molar-refractivity contribution < 1.29 is 9.53 Å². The van der Waals surface area contributed by atoms with Gasteiger partial charge in [-0.1, -0.05) is 0 Å². The average Bonchev–Trinajstić information content (AvgIpc) is 2.89. The van der Waals surface area contributed by atoms with E-state index in [0.717, 1.165) is 10.4 Å². The zero-order chi connectivity index (χ0) is 14.8. The van der Waals surface area contributed by atoms with Gasteiger partial charge in [-0.3, -0.25) is 4.79 Å². The fourth-order valence-corrected chi connectivity index (χ4v) is 2.97. The number of likely N-dealkylation sites (tertiary alicyclic amines) is 1. The number of pyridine rings is 1. The molecule has 0 atom stereocenters. The number of nitriles is 1. The molecule has 0 aliphatic carbocycles. The quantitative estimate of drug-likeness (QED) is 0.871. The Bertz CT molecular complexity index is 714. The third-order valence-corrected chi connectivity index (χ3v) is 4.28. The second-order valence-electron chi connectivity index (χ2n) is 4.91. The molecule has 0 radical (unpaired) electrons. The Morgan fingerprint density at radius 2 is 2.38 bits per heavy atom. The van der Waals surface area contributed by atoms with Crippen molar-refractivity contribution >= 4 is 17.2 Å². The lowest BCUT2D eigenvalue weighted by molar-refractivity contribution is 0.0162. The van der Waals surface area contributed by atoms with E-state index in [9.17, 15) is 4.79 Å². The van der Waals surface area contributed by atoms with Gasteiger partial charge in [0.2, 0.25) is 5.88 Å². The number of nitrogens with zero attached hydrogens (tertiary/aromatic N) is 3. The molecule has 1 fully saturated rings. The van der Waals surface area contributed by atoms with Gasteiger partial charge in [-0.25, -0.2) is 4.98 Å². The molecule has 5 nitrogen and oxygen atoms in total. The van der Waals surface area contributed by atoms with E-state index in [1.54, 1.807) is 23.2 Å². The van der Waals surface area contributed by atoms with Crippen LogP contribution >= 0.6 is 11.3 Å². The molecular weight excluding hydrogens is 286 g/mol. The zero-order valence-corrected chi connectivity index (χ0v) is 12.3. The van der Waals surface area contributed by atoms with Gasteiger partial charge in [0, 0.05) is 6.20 Å². The van der Waals surface area contributed by atoms with Gasteiger partial charge in [0.15, 0.2) is 0 Å². The highest BCUT2D eigenvalue weighted by Gasteiger charge is 2.34. The number of aryl methyl sites for hydroxylation is 1. The van der Waals surface area contributed by atoms with Gasteiger partial charge in [0.05, 0.1) is 18.0 Å². The number of rotatable bonds is 3. The molecule has 0 aromatic carbocycles. The minimum Gasteiger partial charge on any atom is -0.470 e. The Morgan fingerprint density at radius 1 is 1.57 bits per heavy atom. The summed E-state index contributed by atoms with van der Waals surface area (Å²) in [4.78, 5) is 18.7. The first-order chi connectivity index (χ1) is 10.2. The van der Waals surface area contributed by atoms with Crippen LogP contribution in [0.5, 0.6) is 5.88 Å². The minimum absolute atomic E-state index is 0.0366. The van der Waals surface area contributed by atoms with Crippen molar-refractivity contribution in [1.29, 1.82) is 5.26 Å². The number of aromatic nitrogens is 1. The standard InChI is InChI=1S/C15H13N3O2S/c1-10-5-13(21-9-10)15(19)18-7-12(8-18)20-14-11(6-16)3-2-4-17-14/h2-5,9,12H,7-8H2,1H3. The highest BCUT2D eigenvalue weighted by molar-refractivity contribution is 7.12. The Kier molecular flexibility index (Phi) is 3.59. The molecule has 0 N–H and O–H groups in total. The molecule has 21 heavy (non-hydrogen) atoms. The number of hydrogen-bond acceptors (Lipinski definition) is 5. The smallest absolute Gasteiger partial charge is 0.264 e. The average molecular weight is 299 g/mol. The van der Waals surface area contributed by atoms with Crippen molar-refractivity contribution in [3.05, 3.63) is 45.8 Å². The SMILES string of the molecule is Cc1csc(C(=O)N2CC(Oc3ncccc3C#N)C2)c1. The fraction of sp³-hybridized carbons (Fsp3) is 0.267. The maximum absolute atomic E-state index is 12.2. The predicted octanol–water partition coefficient (Wildman–Crippen LogP) is 2.23. The molecule has 2 aromatic heterocycles. The monoisotopic (exact) mass is 299 g/mol. The van der Waals surface area contributed by atoms with Crippen LogP contribution in [0, 0.1) is 18.3 Å². The van der Waals surface area contributed by atoms with E-state index < -0.39 is 0 Å². The maximum Gasteiger partial charge on any atom is 0.264 e. The summed E-state index contributed by atoms with van der Waals surface area (Å²) in [5.41, 5.74) is 1.51. The summed E-state index contributed by atoms with van der Waals surface area (Å²) in [6, 6.07) is 7.30. The molecule has 6 heteroatoms. The highest BCUT2D eigenvalue weighted by atomic mass is 32.1. The predicted molar refractivity (Wildman–Crippen MR) is 78.3 cm³/mol. The van der Waals surface area contributed by atoms with Crippen molar-refractivity contribution in [3.8, 4) is 11.9 Å². The summed E-state index contributed by atoms with van der Waals surface area (Å²) in [6.07, 6.45) is 1.49. The van der Waals surface area contributed by atoms with Crippen molar-refractivity contribution in [2.24, 2.45) is 0 Å². The Balaban J connectivity index is 1.59. The number of ether oxygens (including phenoxy) is 1. The molecule has 1 amide bonds. The lowest BCUT2D eigenvalue weighted by Gasteiger charge is -2.38. The van der Waals surface area contributed by atoms with Crippen molar-refractivity contribution in [1.82, 2.24) is 9.88 Å². The van der Waals surface area contributed by atoms with Gasteiger partial charge in [0.25, 0.3) is 5.91 Å². The molecule has 1 aliphatic heterocycles. The van der Waals surface area contributed by atoms with Crippen LogP contribution in [0.25, 0.3) is 0 Å². The normalized spacial score (nSPS) is 14.4. The number of thiophene rings is 1. The molecule has 1 aliphatic rings. The van der Waals surface area contributed by atoms with Crippen LogP contribution in [-0.2, 0) is 0 Å². The van der Waals surface area contributed by atoms with E-state index in [1.807, 2.05) is 24.4 Å². The van der Waals surface area contributed by atoms with Crippen LogP contribution in [0.3, 0.4) is 0 Å². The van der Waals surface area contributed by atoms with Gasteiger partial charge in [0.1, 0.15) is 17.7 Å². The van der Waals surface area contributed by atoms with Gasteiger partial charge in [-0.2, -0.15) is 5.26 Å². The first-order valence-electron chi connectivity index (χ1n) is 6.53. The summed E-state index contributed by atoms with van der Waals surface area (Å²) in [5.74, 6) is 0.374. The molecule has 2 aromatic rings. The first-order valence-corrected chi connectivity index (χ1v) is 7.41. The maximum atomic E-state index is 12.2. The zero-order valence-electron chi connectivity index (χ0n) is 11.4. The lowest BCUT2D eigenvalue weighted by atomic mass is 10.1. The van der Waals surface area contributed by atoms with Crippen molar-refractivity contribution in [3.63, 3.8) is 0 Å². The molecule has 3 heterocycles. The van der Waals surface area contributed by atoms with Gasteiger partial charge in [-0.15, -0.1) is 11.3 Å². The molecule has 1 saturated heterocycles. The van der Waals surface area contributed by atoms with E-state index in [0.29, 0.717) is 24.5 Å². The molecule has 106 valence electrons. The van der Waals surface area contributed by atoms with E-state index in [4.69, 9.17) is 10.00 Å². The van der Waals surface area contributed by atoms with Crippen LogP contribution in [0.15, 0.2) is 29.8 Å². The Morgan fingerprint density at radius 3 is 3.05 bits per heavy atom. The third-order valence-electron chi connectivity index (χ3n) is 3.25. The molecule has 0 bridgehead atoms. The number of carbonyl (C=O) groups is 1.